The number of nitrogens with zero attached hydrogens (tertiary/aromatic N) is 2. The predicted octanol–water partition coefficient (Wildman–Crippen LogP) is 5.02. The van der Waals surface area contributed by atoms with E-state index in [1.807, 2.05) is 36.6 Å². The van der Waals surface area contributed by atoms with Crippen LogP contribution in [0.15, 0.2) is 60.2 Å². The molecule has 1 aliphatic rings. The molecule has 2 heterocycles. The molecule has 0 bridgehead atoms. The van der Waals surface area contributed by atoms with Crippen molar-refractivity contribution in [2.75, 3.05) is 4.90 Å². The number of halogens is 2. The Morgan fingerprint density at radius 1 is 0.935 bits per heavy atom. The topological polar surface area (TPSA) is 71.4 Å². The zero-order chi connectivity index (χ0) is 22.3. The molecule has 156 valence electrons. The van der Waals surface area contributed by atoms with E-state index in [2.05, 4.69) is 27.9 Å². The summed E-state index contributed by atoms with van der Waals surface area (Å²) in [5, 5.41) is 2.90. The Morgan fingerprint density at radius 2 is 1.55 bits per heavy atom. The highest BCUT2D eigenvalue weighted by Crippen LogP contribution is 2.27. The maximum absolute atomic E-state index is 13.1. The Bertz CT molecular complexity index is 1240. The lowest BCUT2D eigenvalue weighted by Crippen LogP contribution is -2.54. The van der Waals surface area contributed by atoms with Crippen LogP contribution in [-0.4, -0.2) is 22.4 Å². The Morgan fingerprint density at radius 3 is 2.19 bits per heavy atom. The van der Waals surface area contributed by atoms with Gasteiger partial charge in [0.25, 0.3) is 11.8 Å². The molecule has 4 rings (SSSR count). The van der Waals surface area contributed by atoms with Gasteiger partial charge in [-0.2, -0.15) is 0 Å². The molecule has 0 saturated carbocycles. The van der Waals surface area contributed by atoms with Crippen molar-refractivity contribution in [2.45, 2.75) is 13.8 Å². The standard InChI is InChI=1S/C23H17ClIN3O3/c1-13-11-15(14(2)27(13)18-7-3-16(24)4-8-18)12-20-21(29)26-23(31)28(22(20)30)19-9-5-17(25)6-10-19/h3-12H,1-2H3,(H,26,29,31)/b20-12-. The molecule has 3 aromatic rings. The number of hydrogen-bond donors (Lipinski definition) is 1. The molecule has 1 saturated heterocycles. The number of rotatable bonds is 3. The summed E-state index contributed by atoms with van der Waals surface area (Å²) in [5.74, 6) is -1.38. The molecular weight excluding hydrogens is 529 g/mol. The van der Waals surface area contributed by atoms with Crippen LogP contribution in [0.1, 0.15) is 17.0 Å². The third-order valence-corrected chi connectivity index (χ3v) is 6.01. The molecule has 8 heteroatoms. The molecule has 4 amide bonds. The molecule has 1 aromatic heterocycles. The van der Waals surface area contributed by atoms with Crippen LogP contribution in [0.5, 0.6) is 0 Å². The SMILES string of the molecule is Cc1cc(/C=C2/C(=O)NC(=O)N(c3ccc(I)cc3)C2=O)c(C)n1-c1ccc(Cl)cc1. The summed E-state index contributed by atoms with van der Waals surface area (Å²) in [6, 6.07) is 15.4. The number of aryl methyl sites for hydroxylation is 1. The first-order valence-corrected chi connectivity index (χ1v) is 10.8. The lowest BCUT2D eigenvalue weighted by molar-refractivity contribution is -0.122. The number of nitrogens with one attached hydrogen (secondary N) is 1. The second kappa shape index (κ2) is 8.32. The number of carbonyl (C=O) groups excluding carboxylic acids is 3. The van der Waals surface area contributed by atoms with Gasteiger partial charge in [0.1, 0.15) is 5.57 Å². The van der Waals surface area contributed by atoms with Gasteiger partial charge in [0.05, 0.1) is 5.69 Å². The number of amides is 4. The van der Waals surface area contributed by atoms with Gasteiger partial charge in [-0.15, -0.1) is 0 Å². The molecule has 0 radical (unpaired) electrons. The first-order valence-electron chi connectivity index (χ1n) is 9.38. The van der Waals surface area contributed by atoms with E-state index in [4.69, 9.17) is 11.6 Å². The summed E-state index contributed by atoms with van der Waals surface area (Å²) >= 11 is 8.13. The van der Waals surface area contributed by atoms with Crippen LogP contribution in [0, 0.1) is 17.4 Å². The molecule has 1 aliphatic heterocycles. The average molecular weight is 546 g/mol. The van der Waals surface area contributed by atoms with Gasteiger partial charge in [-0.3, -0.25) is 14.9 Å². The minimum atomic E-state index is -0.764. The highest BCUT2D eigenvalue weighted by Gasteiger charge is 2.37. The largest absolute Gasteiger partial charge is 0.335 e. The fourth-order valence-corrected chi connectivity index (χ4v) is 4.04. The molecule has 2 aromatic carbocycles. The van der Waals surface area contributed by atoms with Crippen molar-refractivity contribution in [3.8, 4) is 5.69 Å². The lowest BCUT2D eigenvalue weighted by Gasteiger charge is -2.26. The maximum Gasteiger partial charge on any atom is 0.335 e. The van der Waals surface area contributed by atoms with Crippen LogP contribution in [0.3, 0.4) is 0 Å². The fourth-order valence-electron chi connectivity index (χ4n) is 3.56. The van der Waals surface area contributed by atoms with Crippen LogP contribution >= 0.6 is 34.2 Å². The van der Waals surface area contributed by atoms with E-state index < -0.39 is 17.8 Å². The third kappa shape index (κ3) is 4.03. The number of imide groups is 2. The van der Waals surface area contributed by atoms with Crippen LogP contribution < -0.4 is 10.2 Å². The quantitative estimate of drug-likeness (QED) is 0.286. The van der Waals surface area contributed by atoms with Crippen molar-refractivity contribution in [3.63, 3.8) is 0 Å². The molecule has 1 N–H and O–H groups in total. The Labute approximate surface area is 197 Å². The van der Waals surface area contributed by atoms with Crippen molar-refractivity contribution >= 4 is 63.8 Å². The van der Waals surface area contributed by atoms with Gasteiger partial charge in [0, 0.05) is 25.7 Å². The van der Waals surface area contributed by atoms with Gasteiger partial charge < -0.3 is 4.57 Å². The number of benzene rings is 2. The van der Waals surface area contributed by atoms with Crippen LogP contribution in [-0.2, 0) is 9.59 Å². The maximum atomic E-state index is 13.1. The van der Waals surface area contributed by atoms with E-state index in [1.54, 1.807) is 36.4 Å². The van der Waals surface area contributed by atoms with Crippen LogP contribution in [0.4, 0.5) is 10.5 Å². The van der Waals surface area contributed by atoms with Gasteiger partial charge in [-0.05, 0) is 103 Å². The van der Waals surface area contributed by atoms with E-state index in [9.17, 15) is 14.4 Å². The minimum absolute atomic E-state index is 0.102. The molecule has 6 nitrogen and oxygen atoms in total. The molecule has 0 spiro atoms. The number of carbonyl (C=O) groups is 3. The molecular formula is C23H17ClIN3O3. The van der Waals surface area contributed by atoms with Crippen molar-refractivity contribution in [3.05, 3.63) is 85.7 Å². The molecule has 1 fully saturated rings. The van der Waals surface area contributed by atoms with Gasteiger partial charge in [0.15, 0.2) is 0 Å². The summed E-state index contributed by atoms with van der Waals surface area (Å²) in [4.78, 5) is 38.9. The van der Waals surface area contributed by atoms with E-state index >= 15 is 0 Å². The van der Waals surface area contributed by atoms with E-state index in [0.29, 0.717) is 16.3 Å². The number of aromatic nitrogens is 1. The molecule has 31 heavy (non-hydrogen) atoms. The molecule has 0 aliphatic carbocycles. The van der Waals surface area contributed by atoms with Crippen molar-refractivity contribution < 1.29 is 14.4 Å². The second-order valence-electron chi connectivity index (χ2n) is 7.07. The fraction of sp³-hybridized carbons (Fsp3) is 0.0870. The van der Waals surface area contributed by atoms with Gasteiger partial charge in [-0.25, -0.2) is 9.69 Å². The second-order valence-corrected chi connectivity index (χ2v) is 8.75. The number of hydrogen-bond acceptors (Lipinski definition) is 3. The van der Waals surface area contributed by atoms with E-state index in [-0.39, 0.29) is 5.57 Å². The molecule has 0 unspecified atom stereocenters. The van der Waals surface area contributed by atoms with Crippen LogP contribution in [0.25, 0.3) is 11.8 Å². The summed E-state index contributed by atoms with van der Waals surface area (Å²) in [5.41, 5.74) is 3.70. The van der Waals surface area contributed by atoms with Gasteiger partial charge >= 0.3 is 6.03 Å². The Hall–Kier alpha value is -2.91. The van der Waals surface area contributed by atoms with E-state index in [1.165, 1.54) is 6.08 Å². The molecule has 0 atom stereocenters. The Balaban J connectivity index is 1.75. The zero-order valence-corrected chi connectivity index (χ0v) is 19.6. The summed E-state index contributed by atoms with van der Waals surface area (Å²) in [6.07, 6.45) is 1.53. The summed E-state index contributed by atoms with van der Waals surface area (Å²) in [6.45, 7) is 3.84. The summed E-state index contributed by atoms with van der Waals surface area (Å²) < 4.78 is 2.98. The zero-order valence-electron chi connectivity index (χ0n) is 16.6. The average Bonchev–Trinajstić information content (AvgIpc) is 3.00. The van der Waals surface area contributed by atoms with Crippen molar-refractivity contribution in [2.24, 2.45) is 0 Å². The Kier molecular flexibility index (Phi) is 5.72. The van der Waals surface area contributed by atoms with E-state index in [0.717, 1.165) is 25.5 Å². The highest BCUT2D eigenvalue weighted by molar-refractivity contribution is 14.1. The smallest absolute Gasteiger partial charge is 0.318 e. The first kappa shape index (κ1) is 21.3. The monoisotopic (exact) mass is 545 g/mol. The number of urea groups is 1. The first-order chi connectivity index (χ1) is 14.8. The predicted molar refractivity (Wildman–Crippen MR) is 128 cm³/mol. The summed E-state index contributed by atoms with van der Waals surface area (Å²) in [7, 11) is 0. The normalized spacial score (nSPS) is 15.5. The van der Waals surface area contributed by atoms with Crippen molar-refractivity contribution in [1.82, 2.24) is 9.88 Å². The lowest BCUT2D eigenvalue weighted by atomic mass is 10.1. The number of anilines is 1. The van der Waals surface area contributed by atoms with Crippen molar-refractivity contribution in [1.29, 1.82) is 0 Å². The van der Waals surface area contributed by atoms with Gasteiger partial charge in [-0.1, -0.05) is 11.6 Å². The number of barbiturate groups is 1. The van der Waals surface area contributed by atoms with Gasteiger partial charge in [0.2, 0.25) is 0 Å². The minimum Gasteiger partial charge on any atom is -0.318 e. The van der Waals surface area contributed by atoms with Crippen LogP contribution in [0.2, 0.25) is 5.02 Å². The highest BCUT2D eigenvalue weighted by atomic mass is 127. The third-order valence-electron chi connectivity index (χ3n) is 5.04.